The Morgan fingerprint density at radius 1 is 1.13 bits per heavy atom. The summed E-state index contributed by atoms with van der Waals surface area (Å²) in [6.07, 6.45) is 6.11. The maximum atomic E-state index is 6.36. The largest absolute Gasteiger partial charge is 0.491 e. The summed E-state index contributed by atoms with van der Waals surface area (Å²) in [7, 11) is 0. The third-order valence-electron chi connectivity index (χ3n) is 6.47. The number of rotatable bonds is 8. The van der Waals surface area contributed by atoms with Gasteiger partial charge in [-0.1, -0.05) is 45.4 Å². The molecule has 0 radical (unpaired) electrons. The molecule has 3 heteroatoms. The second kappa shape index (κ2) is 10.4. The topological polar surface area (TPSA) is 25.4 Å². The molecule has 0 bridgehead atoms. The van der Waals surface area contributed by atoms with Crippen molar-refractivity contribution in [1.82, 2.24) is 9.88 Å². The number of likely N-dealkylation sites (tertiary alicyclic amines) is 1. The average molecular weight is 409 g/mol. The number of aryl methyl sites for hydroxylation is 3. The first-order valence-corrected chi connectivity index (χ1v) is 12.0. The van der Waals surface area contributed by atoms with Crippen molar-refractivity contribution in [2.45, 2.75) is 86.3 Å². The minimum Gasteiger partial charge on any atom is -0.491 e. The van der Waals surface area contributed by atoms with Gasteiger partial charge in [0.15, 0.2) is 0 Å². The van der Waals surface area contributed by atoms with Gasteiger partial charge in [-0.25, -0.2) is 0 Å². The van der Waals surface area contributed by atoms with E-state index in [0.717, 1.165) is 42.4 Å². The minimum absolute atomic E-state index is 0.148. The maximum Gasteiger partial charge on any atom is 0.128 e. The summed E-state index contributed by atoms with van der Waals surface area (Å²) >= 11 is 0. The molecular weight excluding hydrogens is 368 g/mol. The molecule has 2 heterocycles. The fourth-order valence-corrected chi connectivity index (χ4v) is 4.77. The number of hydrogen-bond donors (Lipinski definition) is 0. The Morgan fingerprint density at radius 3 is 2.43 bits per heavy atom. The van der Waals surface area contributed by atoms with Crippen LogP contribution in [0.25, 0.3) is 11.3 Å². The van der Waals surface area contributed by atoms with E-state index in [4.69, 9.17) is 9.72 Å². The highest BCUT2D eigenvalue weighted by molar-refractivity contribution is 5.70. The van der Waals surface area contributed by atoms with Crippen LogP contribution in [0.15, 0.2) is 24.3 Å². The second-order valence-corrected chi connectivity index (χ2v) is 9.05. The van der Waals surface area contributed by atoms with Gasteiger partial charge < -0.3 is 4.74 Å². The Kier molecular flexibility index (Phi) is 7.93. The van der Waals surface area contributed by atoms with Crippen LogP contribution in [0.1, 0.15) is 76.3 Å². The summed E-state index contributed by atoms with van der Waals surface area (Å²) in [6, 6.07) is 8.85. The molecule has 0 amide bonds. The van der Waals surface area contributed by atoms with Gasteiger partial charge in [-0.15, -0.1) is 0 Å². The van der Waals surface area contributed by atoms with Crippen LogP contribution in [0.5, 0.6) is 5.75 Å². The zero-order valence-corrected chi connectivity index (χ0v) is 19.9. The molecule has 2 aromatic rings. The van der Waals surface area contributed by atoms with Gasteiger partial charge in [0.1, 0.15) is 5.75 Å². The quantitative estimate of drug-likeness (QED) is 0.492. The van der Waals surface area contributed by atoms with E-state index in [2.05, 4.69) is 70.7 Å². The Hall–Kier alpha value is -1.87. The van der Waals surface area contributed by atoms with Gasteiger partial charge in [0, 0.05) is 36.0 Å². The van der Waals surface area contributed by atoms with Crippen LogP contribution in [0.2, 0.25) is 0 Å². The lowest BCUT2D eigenvalue weighted by molar-refractivity contribution is 0.160. The Morgan fingerprint density at radius 2 is 1.83 bits per heavy atom. The molecule has 1 aromatic heterocycles. The van der Waals surface area contributed by atoms with Gasteiger partial charge in [0.05, 0.1) is 11.8 Å². The number of aromatic nitrogens is 1. The lowest BCUT2D eigenvalue weighted by Crippen LogP contribution is -2.35. The smallest absolute Gasteiger partial charge is 0.128 e. The average Bonchev–Trinajstić information content (AvgIpc) is 2.75. The standard InChI is InChI=1S/C27H40N2O/c1-7-21-12-11-15-29(17-21)18-24-20(6)28-25(16-26(24)30-19(4)5)27-22(8-2)13-10-14-23(27)9-3/h10,13-14,16,19,21H,7-9,11-12,15,17-18H2,1-6H3. The first-order chi connectivity index (χ1) is 14.5. The van der Waals surface area contributed by atoms with Crippen LogP contribution >= 0.6 is 0 Å². The third-order valence-corrected chi connectivity index (χ3v) is 6.47. The minimum atomic E-state index is 0.148. The van der Waals surface area contributed by atoms with Crippen LogP contribution in [-0.4, -0.2) is 29.1 Å². The number of hydrogen-bond acceptors (Lipinski definition) is 3. The van der Waals surface area contributed by atoms with E-state index in [9.17, 15) is 0 Å². The van der Waals surface area contributed by atoms with E-state index in [1.807, 2.05) is 0 Å². The summed E-state index contributed by atoms with van der Waals surface area (Å²) in [6.45, 7) is 16.5. The zero-order valence-electron chi connectivity index (χ0n) is 19.9. The molecule has 3 nitrogen and oxygen atoms in total. The van der Waals surface area contributed by atoms with E-state index in [1.54, 1.807) is 0 Å². The normalized spacial score (nSPS) is 17.5. The van der Waals surface area contributed by atoms with Crippen molar-refractivity contribution in [3.05, 3.63) is 46.6 Å². The van der Waals surface area contributed by atoms with Crippen molar-refractivity contribution in [2.24, 2.45) is 5.92 Å². The zero-order chi connectivity index (χ0) is 21.7. The second-order valence-electron chi connectivity index (χ2n) is 9.05. The monoisotopic (exact) mass is 408 g/mol. The predicted octanol–water partition coefficient (Wildman–Crippen LogP) is 6.59. The molecule has 1 unspecified atom stereocenters. The molecule has 0 aliphatic carbocycles. The van der Waals surface area contributed by atoms with Crippen molar-refractivity contribution in [1.29, 1.82) is 0 Å². The van der Waals surface area contributed by atoms with Crippen LogP contribution in [-0.2, 0) is 19.4 Å². The fourth-order valence-electron chi connectivity index (χ4n) is 4.77. The van der Waals surface area contributed by atoms with Gasteiger partial charge in [-0.2, -0.15) is 0 Å². The number of nitrogens with zero attached hydrogens (tertiary/aromatic N) is 2. The van der Waals surface area contributed by atoms with Crippen molar-refractivity contribution in [3.63, 3.8) is 0 Å². The molecule has 0 saturated carbocycles. The SMILES string of the molecule is CCc1cccc(CC)c1-c1cc(OC(C)C)c(CN2CCCC(CC)C2)c(C)n1. The molecule has 1 aliphatic rings. The molecule has 1 aliphatic heterocycles. The van der Waals surface area contributed by atoms with Crippen LogP contribution < -0.4 is 4.74 Å². The van der Waals surface area contributed by atoms with E-state index < -0.39 is 0 Å². The number of benzene rings is 1. The lowest BCUT2D eigenvalue weighted by Gasteiger charge is -2.33. The fraction of sp³-hybridized carbons (Fsp3) is 0.593. The van der Waals surface area contributed by atoms with E-state index in [-0.39, 0.29) is 6.10 Å². The molecule has 1 saturated heterocycles. The van der Waals surface area contributed by atoms with E-state index in [0.29, 0.717) is 0 Å². The first kappa shape index (κ1) is 22.8. The van der Waals surface area contributed by atoms with Crippen molar-refractivity contribution in [2.75, 3.05) is 13.1 Å². The summed E-state index contributed by atoms with van der Waals surface area (Å²) in [5.74, 6) is 1.84. The Labute approximate surface area is 183 Å². The summed E-state index contributed by atoms with van der Waals surface area (Å²) in [5.41, 5.74) is 7.46. The molecular formula is C27H40N2O. The third kappa shape index (κ3) is 5.24. The van der Waals surface area contributed by atoms with E-state index in [1.165, 1.54) is 54.6 Å². The first-order valence-electron chi connectivity index (χ1n) is 12.0. The number of pyridine rings is 1. The molecule has 0 spiro atoms. The highest BCUT2D eigenvalue weighted by Crippen LogP contribution is 2.34. The van der Waals surface area contributed by atoms with Gasteiger partial charge in [-0.3, -0.25) is 9.88 Å². The number of piperidine rings is 1. The molecule has 164 valence electrons. The van der Waals surface area contributed by atoms with Crippen LogP contribution in [0, 0.1) is 12.8 Å². The number of ether oxygens (including phenoxy) is 1. The van der Waals surface area contributed by atoms with Crippen LogP contribution in [0.3, 0.4) is 0 Å². The summed E-state index contributed by atoms with van der Waals surface area (Å²) < 4.78 is 6.36. The molecule has 3 rings (SSSR count). The molecule has 1 fully saturated rings. The van der Waals surface area contributed by atoms with Gasteiger partial charge in [-0.05, 0) is 70.0 Å². The van der Waals surface area contributed by atoms with Crippen molar-refractivity contribution < 1.29 is 4.74 Å². The van der Waals surface area contributed by atoms with Gasteiger partial charge in [0.25, 0.3) is 0 Å². The van der Waals surface area contributed by atoms with Gasteiger partial charge in [0.2, 0.25) is 0 Å². The molecule has 1 atom stereocenters. The molecule has 0 N–H and O–H groups in total. The molecule has 1 aromatic carbocycles. The summed E-state index contributed by atoms with van der Waals surface area (Å²) in [5, 5.41) is 0. The highest BCUT2D eigenvalue weighted by atomic mass is 16.5. The Bertz CT molecular complexity index is 821. The van der Waals surface area contributed by atoms with Crippen molar-refractivity contribution >= 4 is 0 Å². The Balaban J connectivity index is 2.02. The van der Waals surface area contributed by atoms with E-state index >= 15 is 0 Å². The maximum absolute atomic E-state index is 6.36. The summed E-state index contributed by atoms with van der Waals surface area (Å²) in [4.78, 5) is 7.73. The van der Waals surface area contributed by atoms with Crippen molar-refractivity contribution in [3.8, 4) is 17.0 Å². The molecule has 30 heavy (non-hydrogen) atoms. The highest BCUT2D eigenvalue weighted by Gasteiger charge is 2.22. The van der Waals surface area contributed by atoms with Gasteiger partial charge >= 0.3 is 0 Å². The lowest BCUT2D eigenvalue weighted by atomic mass is 9.93. The van der Waals surface area contributed by atoms with Crippen LogP contribution in [0.4, 0.5) is 0 Å². The predicted molar refractivity (Wildman–Crippen MR) is 127 cm³/mol.